The number of hydrogen-bond acceptors (Lipinski definition) is 3. The Morgan fingerprint density at radius 2 is 2.05 bits per heavy atom. The second-order valence-electron chi connectivity index (χ2n) is 3.89. The molecule has 5 nitrogen and oxygen atoms in total. The van der Waals surface area contributed by atoms with Crippen LogP contribution in [0.2, 0.25) is 0 Å². The Balaban J connectivity index is 2.10. The van der Waals surface area contributed by atoms with Crippen LogP contribution in [0.15, 0.2) is 41.2 Å². The summed E-state index contributed by atoms with van der Waals surface area (Å²) < 4.78 is 13.3. The fraction of sp³-hybridized carbons (Fsp3) is 0.0769. The van der Waals surface area contributed by atoms with Crippen molar-refractivity contribution < 1.29 is 14.3 Å². The number of amides is 1. The second-order valence-corrected chi connectivity index (χ2v) is 3.89. The normalized spacial score (nSPS) is 10.2. The number of carbonyl (C=O) groups excluding carboxylic acids is 1. The van der Waals surface area contributed by atoms with Gasteiger partial charge in [0.1, 0.15) is 5.82 Å². The van der Waals surface area contributed by atoms with E-state index in [1.807, 2.05) is 0 Å². The van der Waals surface area contributed by atoms with E-state index in [2.05, 4.69) is 10.3 Å². The van der Waals surface area contributed by atoms with Crippen molar-refractivity contribution in [1.82, 2.24) is 10.3 Å². The van der Waals surface area contributed by atoms with E-state index in [1.165, 1.54) is 6.07 Å². The lowest BCUT2D eigenvalue weighted by Gasteiger charge is -2.06. The second kappa shape index (κ2) is 5.34. The van der Waals surface area contributed by atoms with Crippen molar-refractivity contribution in [3.05, 3.63) is 63.7 Å². The van der Waals surface area contributed by atoms with E-state index in [9.17, 15) is 19.1 Å². The van der Waals surface area contributed by atoms with E-state index in [0.29, 0.717) is 5.56 Å². The van der Waals surface area contributed by atoms with Crippen LogP contribution in [0.4, 0.5) is 4.39 Å². The molecule has 1 amide bonds. The molecular weight excluding hydrogens is 251 g/mol. The molecule has 1 aromatic heterocycles. The zero-order chi connectivity index (χ0) is 13.8. The van der Waals surface area contributed by atoms with Gasteiger partial charge in [-0.15, -0.1) is 0 Å². The van der Waals surface area contributed by atoms with Gasteiger partial charge in [-0.2, -0.15) is 0 Å². The number of H-pyrrole nitrogens is 1. The molecule has 0 spiro atoms. The first kappa shape index (κ1) is 12.8. The molecule has 1 heterocycles. The Labute approximate surface area is 107 Å². The van der Waals surface area contributed by atoms with Crippen molar-refractivity contribution in [3.63, 3.8) is 0 Å². The molecule has 0 fully saturated rings. The molecule has 0 atom stereocenters. The molecule has 0 aliphatic heterocycles. The summed E-state index contributed by atoms with van der Waals surface area (Å²) >= 11 is 0. The summed E-state index contributed by atoms with van der Waals surface area (Å²) in [5.41, 5.74) is -0.237. The van der Waals surface area contributed by atoms with Gasteiger partial charge in [-0.1, -0.05) is 18.2 Å². The molecule has 0 aliphatic rings. The number of hydrogen-bond donors (Lipinski definition) is 3. The van der Waals surface area contributed by atoms with E-state index < -0.39 is 23.2 Å². The van der Waals surface area contributed by atoms with Gasteiger partial charge < -0.3 is 10.4 Å². The fourth-order valence-corrected chi connectivity index (χ4v) is 1.58. The van der Waals surface area contributed by atoms with Gasteiger partial charge >= 0.3 is 0 Å². The topological polar surface area (TPSA) is 82.2 Å². The first-order valence-corrected chi connectivity index (χ1v) is 5.51. The van der Waals surface area contributed by atoms with Crippen LogP contribution in [-0.2, 0) is 6.54 Å². The summed E-state index contributed by atoms with van der Waals surface area (Å²) in [5, 5.41) is 11.6. The number of aromatic nitrogens is 1. The van der Waals surface area contributed by atoms with Crippen molar-refractivity contribution in [2.24, 2.45) is 0 Å². The Morgan fingerprint density at radius 1 is 1.32 bits per heavy atom. The molecule has 0 unspecified atom stereocenters. The summed E-state index contributed by atoms with van der Waals surface area (Å²) in [7, 11) is 0. The third-order valence-electron chi connectivity index (χ3n) is 2.49. The molecule has 2 rings (SSSR count). The van der Waals surface area contributed by atoms with E-state index in [4.69, 9.17) is 0 Å². The van der Waals surface area contributed by atoms with Crippen molar-refractivity contribution in [2.45, 2.75) is 6.54 Å². The Hall–Kier alpha value is -2.63. The minimum atomic E-state index is -0.587. The van der Waals surface area contributed by atoms with E-state index >= 15 is 0 Å². The van der Waals surface area contributed by atoms with Crippen molar-refractivity contribution in [1.29, 1.82) is 0 Å². The zero-order valence-electron chi connectivity index (χ0n) is 9.81. The minimum absolute atomic E-state index is 0.000925. The molecule has 2 aromatic rings. The molecule has 0 saturated heterocycles. The standard InChI is InChI=1S/C13H11FN2O3/c14-10-4-2-1-3-8(10)7-15-13(19)9-5-11(17)16-12(18)6-9/h1-6H,7H2,(H,15,19)(H2,16,17,18). The molecule has 3 N–H and O–H groups in total. The van der Waals surface area contributed by atoms with Gasteiger partial charge in [0.05, 0.1) is 5.56 Å². The summed E-state index contributed by atoms with van der Waals surface area (Å²) in [6.45, 7) is -0.000925. The van der Waals surface area contributed by atoms with Gasteiger partial charge in [-0.25, -0.2) is 4.39 Å². The lowest BCUT2D eigenvalue weighted by molar-refractivity contribution is 0.0950. The highest BCUT2D eigenvalue weighted by molar-refractivity contribution is 5.94. The van der Waals surface area contributed by atoms with Crippen LogP contribution in [0.5, 0.6) is 5.88 Å². The fourth-order valence-electron chi connectivity index (χ4n) is 1.58. The van der Waals surface area contributed by atoms with Crippen molar-refractivity contribution in [2.75, 3.05) is 0 Å². The van der Waals surface area contributed by atoms with Crippen LogP contribution in [0.25, 0.3) is 0 Å². The maximum Gasteiger partial charge on any atom is 0.251 e. The highest BCUT2D eigenvalue weighted by Crippen LogP contribution is 2.07. The largest absolute Gasteiger partial charge is 0.494 e. The van der Waals surface area contributed by atoms with Crippen LogP contribution in [0.3, 0.4) is 0 Å². The third kappa shape index (κ3) is 3.19. The smallest absolute Gasteiger partial charge is 0.251 e. The quantitative estimate of drug-likeness (QED) is 0.776. The molecular formula is C13H11FN2O3. The molecule has 98 valence electrons. The molecule has 0 radical (unpaired) electrons. The van der Waals surface area contributed by atoms with Crippen LogP contribution < -0.4 is 10.9 Å². The van der Waals surface area contributed by atoms with Gasteiger partial charge in [-0.05, 0) is 6.07 Å². The number of pyridine rings is 1. The predicted molar refractivity (Wildman–Crippen MR) is 66.3 cm³/mol. The first-order valence-electron chi connectivity index (χ1n) is 5.51. The van der Waals surface area contributed by atoms with Crippen LogP contribution in [0, 0.1) is 5.82 Å². The van der Waals surface area contributed by atoms with Gasteiger partial charge in [0.15, 0.2) is 5.88 Å². The highest BCUT2D eigenvalue weighted by atomic mass is 19.1. The Bertz CT molecular complexity index is 667. The molecule has 1 aromatic carbocycles. The summed E-state index contributed by atoms with van der Waals surface area (Å²) in [5.74, 6) is -1.38. The van der Waals surface area contributed by atoms with Crippen molar-refractivity contribution >= 4 is 5.91 Å². The van der Waals surface area contributed by atoms with E-state index in [-0.39, 0.29) is 12.1 Å². The van der Waals surface area contributed by atoms with Crippen LogP contribution in [0.1, 0.15) is 15.9 Å². The van der Waals surface area contributed by atoms with Crippen LogP contribution in [-0.4, -0.2) is 16.0 Å². The van der Waals surface area contributed by atoms with Gasteiger partial charge in [0, 0.05) is 24.2 Å². The number of carbonyl (C=O) groups is 1. The summed E-state index contributed by atoms with van der Waals surface area (Å²) in [6, 6.07) is 8.22. The van der Waals surface area contributed by atoms with Gasteiger partial charge in [0.2, 0.25) is 0 Å². The Kier molecular flexibility index (Phi) is 3.61. The number of rotatable bonds is 3. The van der Waals surface area contributed by atoms with E-state index in [1.54, 1.807) is 18.2 Å². The molecule has 0 bridgehead atoms. The highest BCUT2D eigenvalue weighted by Gasteiger charge is 2.09. The molecule has 0 saturated carbocycles. The number of nitrogens with one attached hydrogen (secondary N) is 2. The molecule has 6 heteroatoms. The number of benzene rings is 1. The zero-order valence-corrected chi connectivity index (χ0v) is 9.81. The maximum absolute atomic E-state index is 13.3. The molecule has 19 heavy (non-hydrogen) atoms. The van der Waals surface area contributed by atoms with E-state index in [0.717, 1.165) is 12.1 Å². The average Bonchev–Trinajstić information content (AvgIpc) is 2.36. The Morgan fingerprint density at radius 3 is 2.74 bits per heavy atom. The maximum atomic E-state index is 13.3. The lowest BCUT2D eigenvalue weighted by atomic mass is 10.2. The minimum Gasteiger partial charge on any atom is -0.494 e. The monoisotopic (exact) mass is 262 g/mol. The van der Waals surface area contributed by atoms with Crippen molar-refractivity contribution in [3.8, 4) is 5.88 Å². The third-order valence-corrected chi connectivity index (χ3v) is 2.49. The average molecular weight is 262 g/mol. The van der Waals surface area contributed by atoms with Crippen LogP contribution >= 0.6 is 0 Å². The summed E-state index contributed by atoms with van der Waals surface area (Å²) in [6.07, 6.45) is 0. The predicted octanol–water partition coefficient (Wildman–Crippen LogP) is 1.15. The molecule has 0 aliphatic carbocycles. The SMILES string of the molecule is O=C(NCc1ccccc1F)c1cc(O)[nH]c(=O)c1. The summed E-state index contributed by atoms with van der Waals surface area (Å²) in [4.78, 5) is 24.9. The number of aromatic hydroxyl groups is 1. The van der Waals surface area contributed by atoms with Gasteiger partial charge in [0.25, 0.3) is 11.5 Å². The number of aromatic amines is 1. The van der Waals surface area contributed by atoms with Gasteiger partial charge in [-0.3, -0.25) is 14.6 Å². The first-order chi connectivity index (χ1) is 9.06. The lowest BCUT2D eigenvalue weighted by Crippen LogP contribution is -2.24. The number of halogens is 1.